The van der Waals surface area contributed by atoms with Crippen LogP contribution in [0.2, 0.25) is 0 Å². The van der Waals surface area contributed by atoms with Crippen LogP contribution in [0.3, 0.4) is 0 Å². The van der Waals surface area contributed by atoms with Crippen molar-refractivity contribution < 1.29 is 0 Å². The highest BCUT2D eigenvalue weighted by Crippen LogP contribution is 2.16. The van der Waals surface area contributed by atoms with E-state index in [1.165, 1.54) is 9.75 Å². The fourth-order valence-electron chi connectivity index (χ4n) is 1.70. The van der Waals surface area contributed by atoms with E-state index in [1.54, 1.807) is 11.3 Å². The summed E-state index contributed by atoms with van der Waals surface area (Å²) < 4.78 is 0. The van der Waals surface area contributed by atoms with Crippen LogP contribution >= 0.6 is 11.3 Å². The summed E-state index contributed by atoms with van der Waals surface area (Å²) in [6.07, 6.45) is 0. The maximum Gasteiger partial charge on any atom is 0.243 e. The highest BCUT2D eigenvalue weighted by molar-refractivity contribution is 7.11. The molecule has 0 unspecified atom stereocenters. The van der Waals surface area contributed by atoms with Gasteiger partial charge in [0, 0.05) is 9.75 Å². The molecule has 0 spiro atoms. The summed E-state index contributed by atoms with van der Waals surface area (Å²) in [6, 6.07) is 11.9. The molecule has 3 rings (SSSR count). The molecule has 1 aromatic carbocycles. The predicted octanol–water partition coefficient (Wildman–Crippen LogP) is 3.01. The summed E-state index contributed by atoms with van der Waals surface area (Å²) in [5, 5.41) is 11.4. The number of thiophene rings is 1. The monoisotopic (exact) mass is 256 g/mol. The third kappa shape index (κ3) is 2.31. The van der Waals surface area contributed by atoms with Gasteiger partial charge in [-0.05, 0) is 31.2 Å². The van der Waals surface area contributed by atoms with Crippen molar-refractivity contribution in [2.45, 2.75) is 13.5 Å². The van der Waals surface area contributed by atoms with Gasteiger partial charge in [-0.25, -0.2) is 4.98 Å². The van der Waals surface area contributed by atoms with Gasteiger partial charge in [0.1, 0.15) is 5.52 Å². The summed E-state index contributed by atoms with van der Waals surface area (Å²) in [5.74, 6) is 0.569. The topological polar surface area (TPSA) is 50.7 Å². The zero-order chi connectivity index (χ0) is 12.4. The van der Waals surface area contributed by atoms with Gasteiger partial charge in [0.05, 0.1) is 12.1 Å². The summed E-state index contributed by atoms with van der Waals surface area (Å²) in [4.78, 5) is 6.99. The molecule has 3 aromatic rings. The van der Waals surface area contributed by atoms with Crippen molar-refractivity contribution in [2.75, 3.05) is 5.32 Å². The van der Waals surface area contributed by atoms with E-state index < -0.39 is 0 Å². The van der Waals surface area contributed by atoms with Gasteiger partial charge in [0.25, 0.3) is 0 Å². The molecule has 1 N–H and O–H groups in total. The number of hydrogen-bond donors (Lipinski definition) is 1. The molecular formula is C13H12N4S. The van der Waals surface area contributed by atoms with Gasteiger partial charge in [0.2, 0.25) is 5.95 Å². The molecule has 0 fully saturated rings. The van der Waals surface area contributed by atoms with E-state index in [-0.39, 0.29) is 0 Å². The maximum absolute atomic E-state index is 4.42. The molecule has 90 valence electrons. The SMILES string of the molecule is Cc1ccc(CNc2nnc3ccccc3n2)s1. The van der Waals surface area contributed by atoms with E-state index in [4.69, 9.17) is 0 Å². The average molecular weight is 256 g/mol. The van der Waals surface area contributed by atoms with E-state index in [1.807, 2.05) is 24.3 Å². The Labute approximate surface area is 109 Å². The molecule has 0 saturated carbocycles. The van der Waals surface area contributed by atoms with Gasteiger partial charge in [-0.2, -0.15) is 0 Å². The Hall–Kier alpha value is -2.01. The number of fused-ring (bicyclic) bond motifs is 1. The largest absolute Gasteiger partial charge is 0.348 e. The number of para-hydroxylation sites is 1. The third-order valence-electron chi connectivity index (χ3n) is 2.58. The Morgan fingerprint density at radius 3 is 2.67 bits per heavy atom. The molecule has 2 aromatic heterocycles. The first-order valence-corrected chi connectivity index (χ1v) is 6.51. The van der Waals surface area contributed by atoms with Crippen molar-refractivity contribution in [2.24, 2.45) is 0 Å². The predicted molar refractivity (Wildman–Crippen MR) is 73.7 cm³/mol. The zero-order valence-corrected chi connectivity index (χ0v) is 10.7. The number of aryl methyl sites for hydroxylation is 1. The van der Waals surface area contributed by atoms with Crippen LogP contribution in [0.15, 0.2) is 36.4 Å². The Balaban J connectivity index is 1.78. The van der Waals surface area contributed by atoms with Crippen LogP contribution in [0.5, 0.6) is 0 Å². The van der Waals surface area contributed by atoms with Crippen molar-refractivity contribution in [1.82, 2.24) is 15.2 Å². The maximum atomic E-state index is 4.42. The molecule has 0 aliphatic heterocycles. The van der Waals surface area contributed by atoms with Crippen molar-refractivity contribution in [3.8, 4) is 0 Å². The highest BCUT2D eigenvalue weighted by atomic mass is 32.1. The molecule has 0 aliphatic carbocycles. The van der Waals surface area contributed by atoms with Crippen LogP contribution in [0.25, 0.3) is 11.0 Å². The van der Waals surface area contributed by atoms with Crippen LogP contribution in [-0.2, 0) is 6.54 Å². The van der Waals surface area contributed by atoms with Gasteiger partial charge in [-0.1, -0.05) is 12.1 Å². The second kappa shape index (κ2) is 4.70. The quantitative estimate of drug-likeness (QED) is 0.782. The third-order valence-corrected chi connectivity index (χ3v) is 3.58. The number of nitrogens with one attached hydrogen (secondary N) is 1. The first kappa shape index (κ1) is 11.1. The summed E-state index contributed by atoms with van der Waals surface area (Å²) >= 11 is 1.77. The van der Waals surface area contributed by atoms with Gasteiger partial charge in [-0.15, -0.1) is 21.5 Å². The molecule has 0 aliphatic rings. The number of hydrogen-bond acceptors (Lipinski definition) is 5. The van der Waals surface area contributed by atoms with E-state index >= 15 is 0 Å². The summed E-state index contributed by atoms with van der Waals surface area (Å²) in [5.41, 5.74) is 1.67. The van der Waals surface area contributed by atoms with Crippen LogP contribution in [-0.4, -0.2) is 15.2 Å². The fourth-order valence-corrected chi connectivity index (χ4v) is 2.53. The molecule has 0 amide bonds. The van der Waals surface area contributed by atoms with Crippen LogP contribution < -0.4 is 5.32 Å². The summed E-state index contributed by atoms with van der Waals surface area (Å²) in [7, 11) is 0. The zero-order valence-electron chi connectivity index (χ0n) is 9.92. The first-order chi connectivity index (χ1) is 8.81. The minimum absolute atomic E-state index is 0.569. The van der Waals surface area contributed by atoms with Crippen molar-refractivity contribution >= 4 is 28.3 Å². The number of aromatic nitrogens is 3. The molecule has 0 bridgehead atoms. The van der Waals surface area contributed by atoms with E-state index in [2.05, 4.69) is 39.6 Å². The lowest BCUT2D eigenvalue weighted by Gasteiger charge is -2.02. The first-order valence-electron chi connectivity index (χ1n) is 5.70. The van der Waals surface area contributed by atoms with Crippen LogP contribution in [0.1, 0.15) is 9.75 Å². The average Bonchev–Trinajstić information content (AvgIpc) is 2.82. The van der Waals surface area contributed by atoms with Crippen LogP contribution in [0.4, 0.5) is 5.95 Å². The smallest absolute Gasteiger partial charge is 0.243 e. The minimum atomic E-state index is 0.569. The molecule has 0 saturated heterocycles. The second-order valence-electron chi connectivity index (χ2n) is 3.99. The number of benzene rings is 1. The van der Waals surface area contributed by atoms with Gasteiger partial charge in [0.15, 0.2) is 0 Å². The van der Waals surface area contributed by atoms with Gasteiger partial charge < -0.3 is 5.32 Å². The molecule has 0 radical (unpaired) electrons. The molecular weight excluding hydrogens is 244 g/mol. The van der Waals surface area contributed by atoms with Gasteiger partial charge >= 0.3 is 0 Å². The van der Waals surface area contributed by atoms with E-state index in [0.717, 1.165) is 17.6 Å². The van der Waals surface area contributed by atoms with Gasteiger partial charge in [-0.3, -0.25) is 0 Å². The molecule has 18 heavy (non-hydrogen) atoms. The van der Waals surface area contributed by atoms with E-state index in [9.17, 15) is 0 Å². The van der Waals surface area contributed by atoms with Crippen molar-refractivity contribution in [1.29, 1.82) is 0 Å². The number of anilines is 1. The Kier molecular flexibility index (Phi) is 2.90. The Morgan fingerprint density at radius 1 is 1.06 bits per heavy atom. The molecule has 4 nitrogen and oxygen atoms in total. The Morgan fingerprint density at radius 2 is 1.89 bits per heavy atom. The normalized spacial score (nSPS) is 10.7. The number of nitrogens with zero attached hydrogens (tertiary/aromatic N) is 3. The molecule has 0 atom stereocenters. The Bertz CT molecular complexity index is 677. The van der Waals surface area contributed by atoms with Crippen molar-refractivity contribution in [3.63, 3.8) is 0 Å². The lowest BCUT2D eigenvalue weighted by atomic mass is 10.3. The lowest BCUT2D eigenvalue weighted by molar-refractivity contribution is 0.990. The molecule has 5 heteroatoms. The van der Waals surface area contributed by atoms with E-state index in [0.29, 0.717) is 5.95 Å². The lowest BCUT2D eigenvalue weighted by Crippen LogP contribution is -2.03. The highest BCUT2D eigenvalue weighted by Gasteiger charge is 2.01. The van der Waals surface area contributed by atoms with Crippen molar-refractivity contribution in [3.05, 3.63) is 46.2 Å². The minimum Gasteiger partial charge on any atom is -0.348 e. The summed E-state index contributed by atoms with van der Waals surface area (Å²) in [6.45, 7) is 2.83. The fraction of sp³-hybridized carbons (Fsp3) is 0.154. The molecule has 2 heterocycles. The number of rotatable bonds is 3. The standard InChI is InChI=1S/C13H12N4S/c1-9-6-7-10(18-9)8-14-13-15-11-4-2-3-5-12(11)16-17-13/h2-7H,8H2,1H3,(H,14,15,17). The second-order valence-corrected chi connectivity index (χ2v) is 5.36. The van der Waals surface area contributed by atoms with Crippen LogP contribution in [0, 0.1) is 6.92 Å².